The van der Waals surface area contributed by atoms with Gasteiger partial charge in [-0.3, -0.25) is 5.10 Å². The molecule has 0 amide bonds. The number of fused-ring (bicyclic) bond motifs is 2. The zero-order chi connectivity index (χ0) is 26.2. The summed E-state index contributed by atoms with van der Waals surface area (Å²) >= 11 is 0. The molecule has 10 nitrogen and oxygen atoms in total. The van der Waals surface area contributed by atoms with Crippen molar-refractivity contribution in [1.82, 2.24) is 25.2 Å². The predicted octanol–water partition coefficient (Wildman–Crippen LogP) is 3.75. The van der Waals surface area contributed by atoms with Crippen molar-refractivity contribution >= 4 is 40.0 Å². The van der Waals surface area contributed by atoms with Gasteiger partial charge in [0.1, 0.15) is 5.52 Å². The van der Waals surface area contributed by atoms with Crippen LogP contribution in [0, 0.1) is 5.82 Å². The van der Waals surface area contributed by atoms with Crippen LogP contribution in [0.4, 0.5) is 4.39 Å². The number of halogens is 1. The van der Waals surface area contributed by atoms with Crippen LogP contribution in [-0.4, -0.2) is 52.9 Å². The number of aromatic nitrogens is 5. The molecule has 0 spiro atoms. The predicted molar refractivity (Wildman–Crippen MR) is 132 cm³/mol. The quantitative estimate of drug-likeness (QED) is 0.259. The lowest BCUT2D eigenvalue weighted by Crippen LogP contribution is -2.51. The summed E-state index contributed by atoms with van der Waals surface area (Å²) in [4.78, 5) is 24.1. The fraction of sp³-hybridized carbons (Fsp3) is 0.115. The van der Waals surface area contributed by atoms with Gasteiger partial charge in [-0.05, 0) is 41.5 Å². The van der Waals surface area contributed by atoms with E-state index in [1.54, 1.807) is 54.6 Å². The third kappa shape index (κ3) is 4.21. The molecule has 0 bridgehead atoms. The lowest BCUT2D eigenvalue weighted by molar-refractivity contribution is -0.185. The number of carboxylic acids is 2. The van der Waals surface area contributed by atoms with E-state index in [2.05, 4.69) is 27.1 Å². The normalized spacial score (nSPS) is 11.7. The van der Waals surface area contributed by atoms with Gasteiger partial charge in [0.05, 0.1) is 29.0 Å². The first-order valence-corrected chi connectivity index (χ1v) is 11.1. The molecule has 3 N–H and O–H groups in total. The molecule has 0 fully saturated rings. The summed E-state index contributed by atoms with van der Waals surface area (Å²) in [6, 6.07) is 16.5. The second-order valence-electron chi connectivity index (χ2n) is 8.36. The van der Waals surface area contributed by atoms with Crippen molar-refractivity contribution in [2.75, 3.05) is 0 Å². The lowest BCUT2D eigenvalue weighted by atomic mass is 9.94. The molecule has 0 saturated carbocycles. The minimum atomic E-state index is -2.50. The molecule has 11 heteroatoms. The monoisotopic (exact) mass is 501 g/mol. The Bertz CT molecular complexity index is 1650. The highest BCUT2D eigenvalue weighted by atomic mass is 19.1. The topological polar surface area (TPSA) is 143 Å². The van der Waals surface area contributed by atoms with Crippen molar-refractivity contribution in [2.24, 2.45) is 0 Å². The number of aromatic amines is 1. The molecule has 37 heavy (non-hydrogen) atoms. The van der Waals surface area contributed by atoms with Gasteiger partial charge in [-0.15, -0.1) is 5.10 Å². The van der Waals surface area contributed by atoms with Crippen LogP contribution in [0.5, 0.6) is 0 Å². The zero-order valence-electron chi connectivity index (χ0n) is 19.3. The number of hydrogen-bond donors (Lipinski definition) is 3. The largest absolute Gasteiger partial charge is 0.479 e. The molecule has 2 heterocycles. The Hall–Kier alpha value is -4.90. The fourth-order valence-corrected chi connectivity index (χ4v) is 4.11. The first-order chi connectivity index (χ1) is 17.8. The van der Waals surface area contributed by atoms with Crippen LogP contribution >= 0.6 is 0 Å². The van der Waals surface area contributed by atoms with E-state index in [4.69, 9.17) is 4.74 Å². The Morgan fingerprint density at radius 1 is 1.11 bits per heavy atom. The van der Waals surface area contributed by atoms with Crippen molar-refractivity contribution in [2.45, 2.75) is 18.6 Å². The minimum Gasteiger partial charge on any atom is -0.479 e. The van der Waals surface area contributed by atoms with Crippen molar-refractivity contribution in [3.05, 3.63) is 89.9 Å². The maximum atomic E-state index is 14.4. The Morgan fingerprint density at radius 2 is 1.86 bits per heavy atom. The average molecular weight is 501 g/mol. The number of nitrogens with one attached hydrogen (secondary N) is 1. The molecule has 0 aliphatic rings. The highest BCUT2D eigenvalue weighted by Gasteiger charge is 2.48. The zero-order valence-corrected chi connectivity index (χ0v) is 19.3. The summed E-state index contributed by atoms with van der Waals surface area (Å²) in [6.07, 6.45) is 1.16. The smallest absolute Gasteiger partial charge is 0.348 e. The van der Waals surface area contributed by atoms with E-state index in [1.807, 2.05) is 0 Å². The van der Waals surface area contributed by atoms with E-state index in [9.17, 15) is 24.2 Å². The molecule has 0 unspecified atom stereocenters. The Balaban J connectivity index is 1.46. The lowest BCUT2D eigenvalue weighted by Gasteiger charge is -2.25. The Labute approximate surface area is 208 Å². The van der Waals surface area contributed by atoms with Crippen LogP contribution < -0.4 is 0 Å². The summed E-state index contributed by atoms with van der Waals surface area (Å²) in [7, 11) is 0. The summed E-state index contributed by atoms with van der Waals surface area (Å²) in [5.41, 5.74) is 0.587. The molecule has 0 atom stereocenters. The van der Waals surface area contributed by atoms with Gasteiger partial charge < -0.3 is 14.9 Å². The van der Waals surface area contributed by atoms with Crippen LogP contribution in [0.25, 0.3) is 33.7 Å². The number of H-pyrrole nitrogens is 1. The van der Waals surface area contributed by atoms with Gasteiger partial charge >= 0.3 is 11.9 Å². The van der Waals surface area contributed by atoms with Crippen LogP contribution in [0.15, 0.2) is 67.2 Å². The maximum absolute atomic E-state index is 14.4. The molecule has 5 rings (SSSR count). The highest BCUT2D eigenvalue weighted by Crippen LogP contribution is 2.27. The molecule has 0 aliphatic carbocycles. The summed E-state index contributed by atoms with van der Waals surface area (Å²) < 4.78 is 21.4. The highest BCUT2D eigenvalue weighted by molar-refractivity contribution is 6.02. The van der Waals surface area contributed by atoms with E-state index in [-0.39, 0.29) is 18.5 Å². The molecule has 5 aromatic rings. The number of carboxylic acid groups (broad SMARTS) is 2. The number of hydrogen-bond acceptors (Lipinski definition) is 6. The van der Waals surface area contributed by atoms with E-state index in [0.717, 1.165) is 0 Å². The van der Waals surface area contributed by atoms with Gasteiger partial charge in [-0.1, -0.05) is 48.2 Å². The summed E-state index contributed by atoms with van der Waals surface area (Å²) in [5, 5.41) is 35.2. The van der Waals surface area contributed by atoms with E-state index < -0.39 is 23.4 Å². The van der Waals surface area contributed by atoms with Gasteiger partial charge in [-0.2, -0.15) is 5.10 Å². The number of aliphatic carboxylic acids is 2. The van der Waals surface area contributed by atoms with Gasteiger partial charge in [0.25, 0.3) is 5.60 Å². The molecule has 0 radical (unpaired) electrons. The van der Waals surface area contributed by atoms with E-state index >= 15 is 0 Å². The molecular weight excluding hydrogens is 481 g/mol. The first-order valence-electron chi connectivity index (χ1n) is 11.1. The van der Waals surface area contributed by atoms with Gasteiger partial charge in [-0.25, -0.2) is 18.7 Å². The van der Waals surface area contributed by atoms with Crippen LogP contribution in [0.2, 0.25) is 0 Å². The number of ether oxygens (including phenoxy) is 1. The van der Waals surface area contributed by atoms with Crippen LogP contribution in [0.1, 0.15) is 16.8 Å². The van der Waals surface area contributed by atoms with Gasteiger partial charge in [0.15, 0.2) is 5.82 Å². The van der Waals surface area contributed by atoms with Crippen molar-refractivity contribution < 1.29 is 28.9 Å². The molecule has 186 valence electrons. The Kier molecular flexibility index (Phi) is 5.98. The second-order valence-corrected chi connectivity index (χ2v) is 8.36. The minimum absolute atomic E-state index is 0.112. The standard InChI is InChI=1S/C26H20FN5O5/c1-2-15-10-19(27)23-22(11-15)32(31-30-23)17-8-9-18-20(12-17)28-29-21(18)14-37-26(24(33)34,25(35)36)13-16-6-4-3-5-7-16/h2-12H,1,13-14H2,(H,28,29)(H,33,34)(H,35,36). The summed E-state index contributed by atoms with van der Waals surface area (Å²) in [5.74, 6) is -3.75. The summed E-state index contributed by atoms with van der Waals surface area (Å²) in [6.45, 7) is 3.30. The molecule has 0 saturated heterocycles. The SMILES string of the molecule is C=Cc1cc(F)c2nnn(-c3ccc4c(COC(Cc5ccccc5)(C(=O)O)C(=O)O)n[nH]c4c3)c2c1. The average Bonchev–Trinajstić information content (AvgIpc) is 3.50. The number of rotatable bonds is 9. The van der Waals surface area contributed by atoms with Crippen LogP contribution in [-0.2, 0) is 27.4 Å². The van der Waals surface area contributed by atoms with Crippen molar-refractivity contribution in [3.8, 4) is 5.69 Å². The van der Waals surface area contributed by atoms with E-state index in [1.165, 1.54) is 16.8 Å². The number of nitrogens with zero attached hydrogens (tertiary/aromatic N) is 4. The van der Waals surface area contributed by atoms with E-state index in [0.29, 0.717) is 38.9 Å². The third-order valence-electron chi connectivity index (χ3n) is 6.08. The molecule has 3 aromatic carbocycles. The maximum Gasteiger partial charge on any atom is 0.348 e. The third-order valence-corrected chi connectivity index (χ3v) is 6.08. The van der Waals surface area contributed by atoms with Gasteiger partial charge in [0, 0.05) is 11.8 Å². The molecular formula is C26H20FN5O5. The van der Waals surface area contributed by atoms with Crippen LogP contribution in [0.3, 0.4) is 0 Å². The molecule has 2 aromatic heterocycles. The first kappa shape index (κ1) is 23.8. The van der Waals surface area contributed by atoms with Crippen molar-refractivity contribution in [1.29, 1.82) is 0 Å². The number of benzene rings is 3. The van der Waals surface area contributed by atoms with Crippen molar-refractivity contribution in [3.63, 3.8) is 0 Å². The fourth-order valence-electron chi connectivity index (χ4n) is 4.11. The molecule has 0 aliphatic heterocycles. The number of carbonyl (C=O) groups is 2. The van der Waals surface area contributed by atoms with Gasteiger partial charge in [0.2, 0.25) is 0 Å². The second kappa shape index (κ2) is 9.28. The Morgan fingerprint density at radius 3 is 2.57 bits per heavy atom.